The summed E-state index contributed by atoms with van der Waals surface area (Å²) in [5, 5.41) is 10.3. The molecule has 0 unspecified atom stereocenters. The van der Waals surface area contributed by atoms with Crippen molar-refractivity contribution in [3.63, 3.8) is 0 Å². The van der Waals surface area contributed by atoms with Crippen molar-refractivity contribution in [2.24, 2.45) is 0 Å². The minimum atomic E-state index is -3.56. The number of carbonyl (C=O) groups excluding carboxylic acids is 1. The Labute approximate surface area is 427 Å². The monoisotopic (exact) mass is 1120 g/mol. The fraction of sp³-hybridized carbons (Fsp3) is 0.354. The van der Waals surface area contributed by atoms with Gasteiger partial charge in [0.2, 0.25) is 47.9 Å². The first-order valence-electron chi connectivity index (χ1n) is 21.9. The number of aromatic nitrogens is 6. The first-order chi connectivity index (χ1) is 33.4. The number of aliphatic hydroxyl groups excluding tert-OH is 1. The minimum Gasteiger partial charge on any atom is -0.392 e. The lowest BCUT2D eigenvalue weighted by Crippen LogP contribution is -2.27. The van der Waals surface area contributed by atoms with Gasteiger partial charge in [-0.2, -0.15) is 0 Å². The summed E-state index contributed by atoms with van der Waals surface area (Å²) >= 11 is 3.45. The molecular weight excluding hydrogens is 1060 g/mol. The van der Waals surface area contributed by atoms with E-state index < -0.39 is 41.7 Å². The number of aldehydes is 1. The maximum Gasteiger partial charge on any atom is 0.239 e. The van der Waals surface area contributed by atoms with Crippen molar-refractivity contribution in [2.45, 2.75) is 71.2 Å². The summed E-state index contributed by atoms with van der Waals surface area (Å²) in [6, 6.07) is 17.1. The van der Waals surface area contributed by atoms with Crippen molar-refractivity contribution in [1.29, 1.82) is 0 Å². The van der Waals surface area contributed by atoms with Crippen molar-refractivity contribution >= 4 is 70.1 Å². The van der Waals surface area contributed by atoms with Gasteiger partial charge in [0, 0.05) is 54.3 Å². The summed E-state index contributed by atoms with van der Waals surface area (Å²) in [6.45, 7) is 11.1. The molecule has 0 aliphatic rings. The molecule has 0 fully saturated rings. The fourth-order valence-corrected chi connectivity index (χ4v) is 8.33. The number of carbonyl (C=O) groups is 1. The highest BCUT2D eigenvalue weighted by Gasteiger charge is 2.26. The smallest absolute Gasteiger partial charge is 0.239 e. The van der Waals surface area contributed by atoms with Gasteiger partial charge in [0.05, 0.1) is 65.1 Å². The average Bonchev–Trinajstić information content (AvgIpc) is 3.32. The molecule has 0 saturated heterocycles. The Balaban J connectivity index is 0.000000234. The summed E-state index contributed by atoms with van der Waals surface area (Å²) in [5.41, 5.74) is 6.42. The van der Waals surface area contributed by atoms with Crippen molar-refractivity contribution in [3.8, 4) is 33.8 Å². The van der Waals surface area contributed by atoms with E-state index in [0.717, 1.165) is 42.9 Å². The lowest BCUT2D eigenvalue weighted by molar-refractivity contribution is 0.112. The Morgan fingerprint density at radius 1 is 0.500 bits per heavy atom. The van der Waals surface area contributed by atoms with Gasteiger partial charge in [0.1, 0.15) is 17.5 Å². The standard InChI is InChI=1S/C16H19BrFN3O2S.C16H20FN3O3S.C16H18FN3O3S/c1-10(2)14-13(9-17)15(11-5-7-12(18)8-6-11)20-16(19-14)21(3)24(4,22)23;2*1-10(2)14-13(9-21)15(11-5-7-12(17)8-6-11)19-16(18-14)20(3)24(4,22)23/h5-8,10H,9H2,1-4H3;5-8,10,21H,9H2,1-4H3;5-10H,1-4H3. The van der Waals surface area contributed by atoms with Gasteiger partial charge in [-0.1, -0.05) is 57.5 Å². The minimum absolute atomic E-state index is 0.0118. The second-order valence-electron chi connectivity index (χ2n) is 17.2. The van der Waals surface area contributed by atoms with Gasteiger partial charge in [-0.15, -0.1) is 0 Å². The van der Waals surface area contributed by atoms with Crippen LogP contribution in [0.4, 0.5) is 31.0 Å². The number of nitrogens with zero attached hydrogens (tertiary/aromatic N) is 9. The average molecular weight is 1120 g/mol. The maximum atomic E-state index is 13.2. The van der Waals surface area contributed by atoms with Crippen LogP contribution in [0.25, 0.3) is 33.8 Å². The molecule has 3 heterocycles. The van der Waals surface area contributed by atoms with Gasteiger partial charge < -0.3 is 5.11 Å². The van der Waals surface area contributed by atoms with Crippen LogP contribution in [-0.4, -0.2) is 106 Å². The number of sulfonamides is 3. The van der Waals surface area contributed by atoms with Gasteiger partial charge in [0.25, 0.3) is 0 Å². The summed E-state index contributed by atoms with van der Waals surface area (Å²) < 4.78 is 113. The van der Waals surface area contributed by atoms with Gasteiger partial charge in [0.15, 0.2) is 6.29 Å². The molecule has 0 spiro atoms. The second-order valence-corrected chi connectivity index (χ2v) is 23.8. The van der Waals surface area contributed by atoms with Gasteiger partial charge >= 0.3 is 0 Å². The zero-order chi connectivity index (χ0) is 54.2. The van der Waals surface area contributed by atoms with Crippen LogP contribution in [0.3, 0.4) is 0 Å². The number of aliphatic hydroxyl groups is 1. The van der Waals surface area contributed by atoms with E-state index in [1.807, 2.05) is 41.5 Å². The number of anilines is 3. The molecule has 6 aromatic rings. The van der Waals surface area contributed by atoms with Crippen LogP contribution in [0.5, 0.6) is 0 Å². The van der Waals surface area contributed by atoms with Gasteiger partial charge in [-0.3, -0.25) is 4.79 Å². The molecule has 3 aromatic heterocycles. The fourth-order valence-electron chi connectivity index (χ4n) is 6.64. The lowest BCUT2D eigenvalue weighted by atomic mass is 9.99. The molecule has 0 aliphatic heterocycles. The third-order valence-electron chi connectivity index (χ3n) is 10.8. The Morgan fingerprint density at radius 3 is 1.06 bits per heavy atom. The molecule has 0 saturated carbocycles. The Kier molecular flexibility index (Phi) is 19.7. The van der Waals surface area contributed by atoms with Crippen LogP contribution < -0.4 is 12.9 Å². The highest BCUT2D eigenvalue weighted by atomic mass is 79.9. The van der Waals surface area contributed by atoms with Crippen molar-refractivity contribution in [3.05, 3.63) is 124 Å². The van der Waals surface area contributed by atoms with Gasteiger partial charge in [-0.25, -0.2) is 81.2 Å². The van der Waals surface area contributed by atoms with E-state index >= 15 is 0 Å². The van der Waals surface area contributed by atoms with E-state index in [-0.39, 0.29) is 59.3 Å². The molecule has 6 rings (SSSR count). The SMILES string of the molecule is CC(C)c1nc(N(C)S(C)(=O)=O)nc(-c2ccc(F)cc2)c1C=O.CC(C)c1nc(N(C)S(C)(=O)=O)nc(-c2ccc(F)cc2)c1CBr.CC(C)c1nc(N(C)S(C)(=O)=O)nc(-c2ccc(F)cc2)c1CO. The summed E-state index contributed by atoms with van der Waals surface area (Å²) in [4.78, 5) is 37.6. The number of hydrogen-bond acceptors (Lipinski definition) is 14. The van der Waals surface area contributed by atoms with Crippen LogP contribution in [-0.2, 0) is 42.0 Å². The molecule has 0 aliphatic carbocycles. The number of alkyl halides is 1. The molecule has 72 heavy (non-hydrogen) atoms. The van der Waals surface area contributed by atoms with Crippen molar-refractivity contribution in [2.75, 3.05) is 52.8 Å². The second kappa shape index (κ2) is 24.2. The number of halogens is 4. The first-order valence-corrected chi connectivity index (χ1v) is 28.6. The Hall–Kier alpha value is -5.95. The Morgan fingerprint density at radius 2 is 0.778 bits per heavy atom. The summed E-state index contributed by atoms with van der Waals surface area (Å²) in [7, 11) is -6.47. The predicted octanol–water partition coefficient (Wildman–Crippen LogP) is 8.61. The van der Waals surface area contributed by atoms with Crippen molar-refractivity contribution < 1.29 is 48.3 Å². The molecular formula is C48H57BrF3N9O8S3. The number of benzene rings is 3. The molecule has 17 nitrogen and oxygen atoms in total. The topological polar surface area (TPSA) is 227 Å². The largest absolute Gasteiger partial charge is 0.392 e. The quantitative estimate of drug-likeness (QED) is 0.0751. The molecule has 0 radical (unpaired) electrons. The van der Waals surface area contributed by atoms with Crippen molar-refractivity contribution in [1.82, 2.24) is 29.9 Å². The molecule has 0 atom stereocenters. The maximum absolute atomic E-state index is 13.2. The highest BCUT2D eigenvalue weighted by molar-refractivity contribution is 9.08. The van der Waals surface area contributed by atoms with E-state index in [4.69, 9.17) is 0 Å². The van der Waals surface area contributed by atoms with E-state index in [1.54, 1.807) is 12.1 Å². The number of hydrogen-bond donors (Lipinski definition) is 1. The van der Waals surface area contributed by atoms with Crippen LogP contribution in [0.2, 0.25) is 0 Å². The van der Waals surface area contributed by atoms with Crippen LogP contribution >= 0.6 is 15.9 Å². The normalized spacial score (nSPS) is 11.7. The van der Waals surface area contributed by atoms with Crippen LogP contribution in [0, 0.1) is 17.5 Å². The Bertz CT molecular complexity index is 3090. The van der Waals surface area contributed by atoms with Crippen LogP contribution in [0.15, 0.2) is 72.8 Å². The summed E-state index contributed by atoms with van der Waals surface area (Å²) in [6.07, 6.45) is 3.83. The van der Waals surface area contributed by atoms with E-state index in [2.05, 4.69) is 45.8 Å². The lowest BCUT2D eigenvalue weighted by Gasteiger charge is -2.20. The van der Waals surface area contributed by atoms with E-state index in [9.17, 15) is 48.3 Å². The third kappa shape index (κ3) is 14.6. The molecule has 0 bridgehead atoms. The predicted molar refractivity (Wildman–Crippen MR) is 278 cm³/mol. The molecule has 388 valence electrons. The summed E-state index contributed by atoms with van der Waals surface area (Å²) in [5.74, 6) is -1.18. The first kappa shape index (κ1) is 58.6. The highest BCUT2D eigenvalue weighted by Crippen LogP contribution is 2.34. The molecule has 3 aromatic carbocycles. The van der Waals surface area contributed by atoms with Gasteiger partial charge in [-0.05, 0) is 90.6 Å². The van der Waals surface area contributed by atoms with Crippen LogP contribution in [0.1, 0.15) is 97.9 Å². The molecule has 24 heteroatoms. The van der Waals surface area contributed by atoms with E-state index in [1.165, 1.54) is 81.8 Å². The zero-order valence-corrected chi connectivity index (χ0v) is 45.8. The number of rotatable bonds is 15. The van der Waals surface area contributed by atoms with E-state index in [0.29, 0.717) is 56.6 Å². The third-order valence-corrected chi connectivity index (χ3v) is 14.8. The molecule has 1 N–H and O–H groups in total. The zero-order valence-electron chi connectivity index (χ0n) is 41.7. The molecule has 0 amide bonds.